The summed E-state index contributed by atoms with van der Waals surface area (Å²) < 4.78 is 5.75. The van der Waals surface area contributed by atoms with Crippen molar-refractivity contribution in [2.45, 2.75) is 25.9 Å². The highest BCUT2D eigenvalue weighted by molar-refractivity contribution is 5.94. The Bertz CT molecular complexity index is 666. The van der Waals surface area contributed by atoms with Crippen LogP contribution in [0.3, 0.4) is 0 Å². The van der Waals surface area contributed by atoms with Gasteiger partial charge in [0, 0.05) is 12.1 Å². The number of aliphatic hydroxyl groups excluding tert-OH is 1. The number of anilines is 1. The normalized spacial score (nSPS) is 15.0. The van der Waals surface area contributed by atoms with Crippen LogP contribution in [0.1, 0.15) is 30.7 Å². The molecule has 3 rings (SSSR count). The first kappa shape index (κ1) is 13.6. The molecule has 0 bridgehead atoms. The topological polar surface area (TPSA) is 71.5 Å². The van der Waals surface area contributed by atoms with Crippen molar-refractivity contribution in [3.63, 3.8) is 0 Å². The van der Waals surface area contributed by atoms with Crippen molar-refractivity contribution < 1.29 is 14.6 Å². The molecular formula is C16H16N2O3. The highest BCUT2D eigenvalue weighted by Gasteiger charge is 2.15. The molecule has 1 aliphatic rings. The van der Waals surface area contributed by atoms with E-state index in [2.05, 4.69) is 10.3 Å². The maximum Gasteiger partial charge on any atom is 0.224 e. The number of ether oxygens (including phenoxy) is 1. The van der Waals surface area contributed by atoms with Gasteiger partial charge in [-0.25, -0.2) is 0 Å². The Morgan fingerprint density at radius 1 is 1.24 bits per heavy atom. The number of amides is 1. The highest BCUT2D eigenvalue weighted by Crippen LogP contribution is 2.29. The molecule has 0 fully saturated rings. The molecule has 5 heteroatoms. The van der Waals surface area contributed by atoms with Gasteiger partial charge in [-0.05, 0) is 49.2 Å². The van der Waals surface area contributed by atoms with Crippen LogP contribution in [0.25, 0.3) is 0 Å². The number of rotatable bonds is 3. The van der Waals surface area contributed by atoms with Crippen LogP contribution in [0, 0.1) is 0 Å². The Labute approximate surface area is 122 Å². The van der Waals surface area contributed by atoms with Crippen molar-refractivity contribution in [3.05, 3.63) is 47.8 Å². The van der Waals surface area contributed by atoms with Gasteiger partial charge in [0.2, 0.25) is 5.91 Å². The Hall–Kier alpha value is -2.40. The number of hydrogen-bond acceptors (Lipinski definition) is 4. The van der Waals surface area contributed by atoms with Gasteiger partial charge >= 0.3 is 0 Å². The van der Waals surface area contributed by atoms with E-state index in [1.54, 1.807) is 25.3 Å². The molecule has 1 atom stereocenters. The second kappa shape index (κ2) is 5.54. The monoisotopic (exact) mass is 284 g/mol. The predicted molar refractivity (Wildman–Crippen MR) is 78.3 cm³/mol. The Morgan fingerprint density at radius 2 is 2.05 bits per heavy atom. The first-order chi connectivity index (χ1) is 10.1. The lowest BCUT2D eigenvalue weighted by atomic mass is 10.0. The average Bonchev–Trinajstić information content (AvgIpc) is 2.48. The fourth-order valence-electron chi connectivity index (χ4n) is 2.26. The van der Waals surface area contributed by atoms with Gasteiger partial charge in [0.15, 0.2) is 0 Å². The first-order valence-corrected chi connectivity index (χ1v) is 6.86. The molecule has 1 aromatic heterocycles. The molecule has 0 aliphatic carbocycles. The number of pyridine rings is 1. The van der Waals surface area contributed by atoms with E-state index in [-0.39, 0.29) is 5.91 Å². The molecule has 0 saturated heterocycles. The lowest BCUT2D eigenvalue weighted by Crippen LogP contribution is -2.18. The fourth-order valence-corrected chi connectivity index (χ4v) is 2.26. The highest BCUT2D eigenvalue weighted by atomic mass is 16.5. The quantitative estimate of drug-likeness (QED) is 0.909. The van der Waals surface area contributed by atoms with Gasteiger partial charge in [-0.15, -0.1) is 0 Å². The number of benzene rings is 1. The van der Waals surface area contributed by atoms with Crippen LogP contribution in [0.5, 0.6) is 11.5 Å². The average molecular weight is 284 g/mol. The number of hydrogen-bond donors (Lipinski definition) is 2. The molecule has 1 aliphatic heterocycles. The minimum absolute atomic E-state index is 0.0501. The van der Waals surface area contributed by atoms with E-state index >= 15 is 0 Å². The lowest BCUT2D eigenvalue weighted by Gasteiger charge is -2.17. The van der Waals surface area contributed by atoms with Crippen molar-refractivity contribution in [2.24, 2.45) is 0 Å². The Balaban J connectivity index is 1.77. The summed E-state index contributed by atoms with van der Waals surface area (Å²) in [4.78, 5) is 15.5. The molecule has 108 valence electrons. The Kier molecular flexibility index (Phi) is 3.58. The van der Waals surface area contributed by atoms with Gasteiger partial charge in [0.05, 0.1) is 18.0 Å². The molecule has 0 radical (unpaired) electrons. The number of carbonyl (C=O) groups is 1. The standard InChI is InChI=1S/C16H16N2O3/c1-10(19)14-5-4-13(9-17-14)21-12-3-6-15-11(8-12)2-7-16(20)18-15/h3-6,8-10,19H,2,7H2,1H3,(H,18,20)/t10-/m1/s1. The van der Waals surface area contributed by atoms with Crippen molar-refractivity contribution in [1.29, 1.82) is 0 Å². The molecule has 2 N–H and O–H groups in total. The number of nitrogens with one attached hydrogen (secondary N) is 1. The predicted octanol–water partition coefficient (Wildman–Crippen LogP) is 2.81. The minimum atomic E-state index is -0.591. The van der Waals surface area contributed by atoms with Crippen molar-refractivity contribution in [1.82, 2.24) is 4.98 Å². The van der Waals surface area contributed by atoms with Gasteiger partial charge in [-0.3, -0.25) is 9.78 Å². The summed E-state index contributed by atoms with van der Waals surface area (Å²) in [6.45, 7) is 1.67. The van der Waals surface area contributed by atoms with Crippen LogP contribution in [-0.2, 0) is 11.2 Å². The van der Waals surface area contributed by atoms with Gasteiger partial charge < -0.3 is 15.2 Å². The summed E-state index contributed by atoms with van der Waals surface area (Å²) in [7, 11) is 0. The van der Waals surface area contributed by atoms with Crippen molar-refractivity contribution >= 4 is 11.6 Å². The Morgan fingerprint density at radius 3 is 2.76 bits per heavy atom. The smallest absolute Gasteiger partial charge is 0.224 e. The van der Waals surface area contributed by atoms with Gasteiger partial charge in [0.1, 0.15) is 11.5 Å². The second-order valence-corrected chi connectivity index (χ2v) is 5.06. The van der Waals surface area contributed by atoms with Crippen LogP contribution in [-0.4, -0.2) is 16.0 Å². The van der Waals surface area contributed by atoms with Gasteiger partial charge in [-0.2, -0.15) is 0 Å². The molecule has 21 heavy (non-hydrogen) atoms. The third-order valence-corrected chi connectivity index (χ3v) is 3.40. The third-order valence-electron chi connectivity index (χ3n) is 3.40. The SMILES string of the molecule is C[C@@H](O)c1ccc(Oc2ccc3c(c2)CCC(=O)N3)cn1. The summed E-state index contributed by atoms with van der Waals surface area (Å²) in [6.07, 6.45) is 2.22. The second-order valence-electron chi connectivity index (χ2n) is 5.06. The van der Waals surface area contributed by atoms with Gasteiger partial charge in [0.25, 0.3) is 0 Å². The minimum Gasteiger partial charge on any atom is -0.456 e. The summed E-state index contributed by atoms with van der Waals surface area (Å²) >= 11 is 0. The molecule has 0 unspecified atom stereocenters. The maximum atomic E-state index is 11.3. The summed E-state index contributed by atoms with van der Waals surface area (Å²) in [5, 5.41) is 12.3. The van der Waals surface area contributed by atoms with E-state index in [9.17, 15) is 9.90 Å². The number of aryl methyl sites for hydroxylation is 1. The van der Waals surface area contributed by atoms with Crippen molar-refractivity contribution in [2.75, 3.05) is 5.32 Å². The summed E-state index contributed by atoms with van der Waals surface area (Å²) in [5.41, 5.74) is 2.53. The van der Waals surface area contributed by atoms with Crippen LogP contribution in [0.4, 0.5) is 5.69 Å². The van der Waals surface area contributed by atoms with E-state index in [1.807, 2.05) is 18.2 Å². The van der Waals surface area contributed by atoms with Crippen molar-refractivity contribution in [3.8, 4) is 11.5 Å². The summed E-state index contributed by atoms with van der Waals surface area (Å²) in [5.74, 6) is 1.37. The molecule has 2 heterocycles. The van der Waals surface area contributed by atoms with Crippen LogP contribution >= 0.6 is 0 Å². The number of fused-ring (bicyclic) bond motifs is 1. The zero-order valence-corrected chi connectivity index (χ0v) is 11.7. The number of aromatic nitrogens is 1. The van der Waals surface area contributed by atoms with Crippen LogP contribution in [0.15, 0.2) is 36.5 Å². The molecular weight excluding hydrogens is 268 g/mol. The zero-order chi connectivity index (χ0) is 14.8. The maximum absolute atomic E-state index is 11.3. The molecule has 2 aromatic rings. The van der Waals surface area contributed by atoms with E-state index < -0.39 is 6.10 Å². The lowest BCUT2D eigenvalue weighted by molar-refractivity contribution is -0.116. The van der Waals surface area contributed by atoms with Crippen LogP contribution in [0.2, 0.25) is 0 Å². The molecule has 5 nitrogen and oxygen atoms in total. The zero-order valence-electron chi connectivity index (χ0n) is 11.7. The van der Waals surface area contributed by atoms with E-state index in [0.717, 1.165) is 17.7 Å². The number of nitrogens with zero attached hydrogens (tertiary/aromatic N) is 1. The van der Waals surface area contributed by atoms with E-state index in [4.69, 9.17) is 4.74 Å². The van der Waals surface area contributed by atoms with Gasteiger partial charge in [-0.1, -0.05) is 0 Å². The fraction of sp³-hybridized carbons (Fsp3) is 0.250. The van der Waals surface area contributed by atoms with Crippen LogP contribution < -0.4 is 10.1 Å². The third kappa shape index (κ3) is 3.03. The van der Waals surface area contributed by atoms with E-state index in [1.165, 1.54) is 0 Å². The number of carbonyl (C=O) groups excluding carboxylic acids is 1. The first-order valence-electron chi connectivity index (χ1n) is 6.86. The molecule has 0 spiro atoms. The summed E-state index contributed by atoms with van der Waals surface area (Å²) in [6, 6.07) is 9.10. The largest absolute Gasteiger partial charge is 0.456 e. The van der Waals surface area contributed by atoms with E-state index in [0.29, 0.717) is 23.6 Å². The number of aliphatic hydroxyl groups is 1. The molecule has 1 amide bonds. The molecule has 0 saturated carbocycles. The molecule has 1 aromatic carbocycles.